The standard InChI is InChI=1S/C21H30N2O4S/c1-7-16-8-10-17(11-9-16)18(23(3)4)14-22-28(24,25)21-13-20(27-6)19(26-5)12-15(21)2/h8-13,18,22H,7,14H2,1-6H3. The predicted molar refractivity (Wildman–Crippen MR) is 112 cm³/mol. The van der Waals surface area contributed by atoms with Crippen molar-refractivity contribution in [3.63, 3.8) is 0 Å². The molecule has 0 bridgehead atoms. The van der Waals surface area contributed by atoms with E-state index in [2.05, 4.69) is 35.9 Å². The van der Waals surface area contributed by atoms with E-state index in [1.165, 1.54) is 25.8 Å². The van der Waals surface area contributed by atoms with Crippen LogP contribution in [0, 0.1) is 6.92 Å². The molecule has 1 unspecified atom stereocenters. The largest absolute Gasteiger partial charge is 0.493 e. The Morgan fingerprint density at radius 2 is 1.61 bits per heavy atom. The molecule has 154 valence electrons. The lowest BCUT2D eigenvalue weighted by Gasteiger charge is -2.25. The third kappa shape index (κ3) is 5.04. The zero-order valence-electron chi connectivity index (χ0n) is 17.4. The molecule has 0 aromatic heterocycles. The number of nitrogens with one attached hydrogen (secondary N) is 1. The summed E-state index contributed by atoms with van der Waals surface area (Å²) in [6, 6.07) is 11.4. The number of nitrogens with zero attached hydrogens (tertiary/aromatic N) is 1. The van der Waals surface area contributed by atoms with Gasteiger partial charge in [-0.3, -0.25) is 0 Å². The Labute approximate surface area is 168 Å². The lowest BCUT2D eigenvalue weighted by atomic mass is 10.0. The van der Waals surface area contributed by atoms with Crippen LogP contribution in [0.15, 0.2) is 41.3 Å². The summed E-state index contributed by atoms with van der Waals surface area (Å²) in [6.07, 6.45) is 0.970. The molecule has 0 saturated carbocycles. The van der Waals surface area contributed by atoms with E-state index in [0.29, 0.717) is 17.1 Å². The molecule has 2 aromatic rings. The number of aryl methyl sites for hydroxylation is 2. The molecule has 6 nitrogen and oxygen atoms in total. The van der Waals surface area contributed by atoms with E-state index in [0.717, 1.165) is 12.0 Å². The molecule has 2 rings (SSSR count). The lowest BCUT2D eigenvalue weighted by Crippen LogP contribution is -2.34. The fourth-order valence-corrected chi connectivity index (χ4v) is 4.37. The van der Waals surface area contributed by atoms with Crippen LogP contribution in [0.4, 0.5) is 0 Å². The van der Waals surface area contributed by atoms with E-state index in [-0.39, 0.29) is 17.5 Å². The summed E-state index contributed by atoms with van der Waals surface area (Å²) in [5.41, 5.74) is 2.91. The van der Waals surface area contributed by atoms with Crippen molar-refractivity contribution >= 4 is 10.0 Å². The highest BCUT2D eigenvalue weighted by atomic mass is 32.2. The van der Waals surface area contributed by atoms with Gasteiger partial charge in [0.1, 0.15) is 0 Å². The molecule has 0 aliphatic carbocycles. The van der Waals surface area contributed by atoms with Gasteiger partial charge in [0.2, 0.25) is 10.0 Å². The highest BCUT2D eigenvalue weighted by molar-refractivity contribution is 7.89. The Morgan fingerprint density at radius 3 is 2.11 bits per heavy atom. The second kappa shape index (κ2) is 9.41. The van der Waals surface area contributed by atoms with Gasteiger partial charge in [0, 0.05) is 18.7 Å². The molecule has 7 heteroatoms. The fourth-order valence-electron chi connectivity index (χ4n) is 3.09. The predicted octanol–water partition coefficient (Wildman–Crippen LogP) is 3.16. The van der Waals surface area contributed by atoms with E-state index in [1.807, 2.05) is 19.0 Å². The molecule has 1 N–H and O–H groups in total. The summed E-state index contributed by atoms with van der Waals surface area (Å²) in [7, 11) is 3.18. The monoisotopic (exact) mass is 406 g/mol. The molecule has 0 saturated heterocycles. The number of methoxy groups -OCH3 is 2. The van der Waals surface area contributed by atoms with Gasteiger partial charge in [-0.1, -0.05) is 31.2 Å². The van der Waals surface area contributed by atoms with Crippen LogP contribution in [-0.4, -0.2) is 48.2 Å². The number of benzene rings is 2. The third-order valence-electron chi connectivity index (χ3n) is 4.83. The molecular formula is C21H30N2O4S. The maximum absolute atomic E-state index is 13.0. The van der Waals surface area contributed by atoms with Crippen molar-refractivity contribution < 1.29 is 17.9 Å². The van der Waals surface area contributed by atoms with Gasteiger partial charge in [-0.25, -0.2) is 13.1 Å². The molecule has 0 amide bonds. The van der Waals surface area contributed by atoms with E-state index < -0.39 is 10.0 Å². The zero-order chi connectivity index (χ0) is 20.9. The Balaban J connectivity index is 2.27. The smallest absolute Gasteiger partial charge is 0.241 e. The highest BCUT2D eigenvalue weighted by Crippen LogP contribution is 2.32. The molecule has 2 aromatic carbocycles. The molecule has 0 radical (unpaired) electrons. The summed E-state index contributed by atoms with van der Waals surface area (Å²) in [4.78, 5) is 2.19. The summed E-state index contributed by atoms with van der Waals surface area (Å²) < 4.78 is 39.2. The fraction of sp³-hybridized carbons (Fsp3) is 0.429. The number of sulfonamides is 1. The SMILES string of the molecule is CCc1ccc(C(CNS(=O)(=O)c2cc(OC)c(OC)cc2C)N(C)C)cc1. The Kier molecular flexibility index (Phi) is 7.46. The first kappa shape index (κ1) is 22.2. The number of ether oxygens (including phenoxy) is 2. The van der Waals surface area contributed by atoms with Gasteiger partial charge in [-0.2, -0.15) is 0 Å². The van der Waals surface area contributed by atoms with E-state index >= 15 is 0 Å². The first-order valence-electron chi connectivity index (χ1n) is 9.21. The van der Waals surface area contributed by atoms with Crippen LogP contribution in [0.2, 0.25) is 0 Å². The van der Waals surface area contributed by atoms with Crippen molar-refractivity contribution in [2.24, 2.45) is 0 Å². The van der Waals surface area contributed by atoms with Gasteiger partial charge in [-0.15, -0.1) is 0 Å². The minimum absolute atomic E-state index is 0.0823. The normalized spacial score (nSPS) is 12.8. The van der Waals surface area contributed by atoms with Crippen molar-refractivity contribution in [2.75, 3.05) is 34.9 Å². The molecule has 0 heterocycles. The van der Waals surface area contributed by atoms with Crippen molar-refractivity contribution in [1.82, 2.24) is 9.62 Å². The van der Waals surface area contributed by atoms with Crippen LogP contribution in [0.1, 0.15) is 29.7 Å². The average Bonchev–Trinajstić information content (AvgIpc) is 2.67. The molecule has 0 aliphatic rings. The van der Waals surface area contributed by atoms with Crippen molar-refractivity contribution in [3.05, 3.63) is 53.1 Å². The minimum Gasteiger partial charge on any atom is -0.493 e. The van der Waals surface area contributed by atoms with Gasteiger partial charge in [0.15, 0.2) is 11.5 Å². The van der Waals surface area contributed by atoms with E-state index in [9.17, 15) is 8.42 Å². The van der Waals surface area contributed by atoms with E-state index in [4.69, 9.17) is 9.47 Å². The number of likely N-dealkylation sites (N-methyl/N-ethyl adjacent to an activating group) is 1. The first-order valence-corrected chi connectivity index (χ1v) is 10.7. The van der Waals surface area contributed by atoms with Gasteiger partial charge < -0.3 is 14.4 Å². The molecule has 28 heavy (non-hydrogen) atoms. The Hall–Kier alpha value is -2.09. The summed E-state index contributed by atoms with van der Waals surface area (Å²) >= 11 is 0. The van der Waals surface area contributed by atoms with Crippen LogP contribution in [0.5, 0.6) is 11.5 Å². The maximum atomic E-state index is 13.0. The molecule has 0 aliphatic heterocycles. The quantitative estimate of drug-likeness (QED) is 0.693. The summed E-state index contributed by atoms with van der Waals surface area (Å²) in [5, 5.41) is 0. The van der Waals surface area contributed by atoms with Gasteiger partial charge in [0.25, 0.3) is 0 Å². The number of hydrogen-bond acceptors (Lipinski definition) is 5. The molecule has 0 spiro atoms. The van der Waals surface area contributed by atoms with Crippen LogP contribution < -0.4 is 14.2 Å². The van der Waals surface area contributed by atoms with Gasteiger partial charge in [-0.05, 0) is 50.2 Å². The van der Waals surface area contributed by atoms with Crippen molar-refractivity contribution in [2.45, 2.75) is 31.2 Å². The summed E-state index contributed by atoms with van der Waals surface area (Å²) in [6.45, 7) is 4.11. The van der Waals surface area contributed by atoms with Crippen molar-refractivity contribution in [1.29, 1.82) is 0 Å². The van der Waals surface area contributed by atoms with Crippen LogP contribution >= 0.6 is 0 Å². The zero-order valence-corrected chi connectivity index (χ0v) is 18.3. The average molecular weight is 407 g/mol. The number of rotatable bonds is 9. The van der Waals surface area contributed by atoms with Crippen molar-refractivity contribution in [3.8, 4) is 11.5 Å². The van der Waals surface area contributed by atoms with Crippen LogP contribution in [-0.2, 0) is 16.4 Å². The molecule has 0 fully saturated rings. The summed E-state index contributed by atoms with van der Waals surface area (Å²) in [5.74, 6) is 0.883. The second-order valence-electron chi connectivity index (χ2n) is 6.90. The van der Waals surface area contributed by atoms with E-state index in [1.54, 1.807) is 13.0 Å². The lowest BCUT2D eigenvalue weighted by molar-refractivity contribution is 0.299. The van der Waals surface area contributed by atoms with Crippen LogP contribution in [0.25, 0.3) is 0 Å². The van der Waals surface area contributed by atoms with Crippen LogP contribution in [0.3, 0.4) is 0 Å². The second-order valence-corrected chi connectivity index (χ2v) is 8.63. The van der Waals surface area contributed by atoms with Gasteiger partial charge in [0.05, 0.1) is 19.1 Å². The Bertz CT molecular complexity index is 893. The minimum atomic E-state index is -3.71. The highest BCUT2D eigenvalue weighted by Gasteiger charge is 2.23. The Morgan fingerprint density at radius 1 is 1.04 bits per heavy atom. The molecule has 1 atom stereocenters. The molecular weight excluding hydrogens is 376 g/mol. The topological polar surface area (TPSA) is 67.9 Å². The first-order chi connectivity index (χ1) is 13.2. The third-order valence-corrected chi connectivity index (χ3v) is 6.40. The number of hydrogen-bond donors (Lipinski definition) is 1. The van der Waals surface area contributed by atoms with Gasteiger partial charge >= 0.3 is 0 Å². The maximum Gasteiger partial charge on any atom is 0.241 e.